The molecule has 4 heteroatoms. The first-order chi connectivity index (χ1) is 10.9. The third-order valence-electron chi connectivity index (χ3n) is 4.34. The first-order valence-corrected chi connectivity index (χ1v) is 8.09. The largest absolute Gasteiger partial charge is 0.505 e. The number of hydrogen-bond donors (Lipinski definition) is 1. The molecule has 0 atom stereocenters. The van der Waals surface area contributed by atoms with Crippen molar-refractivity contribution in [2.45, 2.75) is 46.0 Å². The molecule has 0 aliphatic rings. The fourth-order valence-electron chi connectivity index (χ4n) is 3.16. The summed E-state index contributed by atoms with van der Waals surface area (Å²) in [6.07, 6.45) is 2.08. The summed E-state index contributed by atoms with van der Waals surface area (Å²) in [6, 6.07) is 11.7. The fraction of sp³-hybridized carbons (Fsp3) is 0.368. The van der Waals surface area contributed by atoms with Crippen molar-refractivity contribution in [3.05, 3.63) is 47.5 Å². The quantitative estimate of drug-likeness (QED) is 0.771. The SMILES string of the molecule is CCCC(C)(C)c1cc(C)cc(-n2nc3ccccc3n2)c1O. The van der Waals surface area contributed by atoms with Gasteiger partial charge in [-0.15, -0.1) is 15.0 Å². The Morgan fingerprint density at radius 1 is 1.09 bits per heavy atom. The van der Waals surface area contributed by atoms with Gasteiger partial charge in [0, 0.05) is 5.56 Å². The van der Waals surface area contributed by atoms with E-state index in [1.54, 1.807) is 4.80 Å². The molecule has 0 spiro atoms. The number of nitrogens with zero attached hydrogens (tertiary/aromatic N) is 3. The minimum absolute atomic E-state index is 0.0911. The molecule has 1 heterocycles. The number of aromatic nitrogens is 3. The number of phenols is 1. The maximum atomic E-state index is 10.9. The van der Waals surface area contributed by atoms with Gasteiger partial charge in [-0.1, -0.05) is 45.4 Å². The molecule has 0 bridgehead atoms. The predicted octanol–water partition coefficient (Wildman–Crippen LogP) is 4.51. The number of rotatable bonds is 4. The lowest BCUT2D eigenvalue weighted by Crippen LogP contribution is -2.18. The van der Waals surface area contributed by atoms with Crippen LogP contribution >= 0.6 is 0 Å². The molecule has 120 valence electrons. The lowest BCUT2D eigenvalue weighted by molar-refractivity contribution is 0.413. The Morgan fingerprint density at radius 3 is 2.26 bits per heavy atom. The minimum Gasteiger partial charge on any atom is -0.505 e. The van der Waals surface area contributed by atoms with Crippen molar-refractivity contribution in [1.29, 1.82) is 0 Å². The van der Waals surface area contributed by atoms with Gasteiger partial charge < -0.3 is 5.11 Å². The Labute approximate surface area is 136 Å². The number of benzene rings is 2. The van der Waals surface area contributed by atoms with Gasteiger partial charge in [0.25, 0.3) is 0 Å². The monoisotopic (exact) mass is 309 g/mol. The molecule has 0 amide bonds. The van der Waals surface area contributed by atoms with Gasteiger partial charge in [-0.2, -0.15) is 0 Å². The fourth-order valence-corrected chi connectivity index (χ4v) is 3.16. The van der Waals surface area contributed by atoms with Crippen molar-refractivity contribution >= 4 is 11.0 Å². The summed E-state index contributed by atoms with van der Waals surface area (Å²) in [5, 5.41) is 19.9. The van der Waals surface area contributed by atoms with Gasteiger partial charge in [0.2, 0.25) is 0 Å². The molecular formula is C19H23N3O. The third-order valence-corrected chi connectivity index (χ3v) is 4.34. The van der Waals surface area contributed by atoms with Crippen LogP contribution in [0, 0.1) is 6.92 Å². The molecule has 0 aliphatic heterocycles. The summed E-state index contributed by atoms with van der Waals surface area (Å²) in [6.45, 7) is 8.54. The van der Waals surface area contributed by atoms with Crippen molar-refractivity contribution < 1.29 is 5.11 Å². The van der Waals surface area contributed by atoms with Crippen LogP contribution in [0.25, 0.3) is 16.7 Å². The molecule has 0 unspecified atom stereocenters. The lowest BCUT2D eigenvalue weighted by atomic mass is 9.79. The average molecular weight is 309 g/mol. The third kappa shape index (κ3) is 2.81. The van der Waals surface area contributed by atoms with Crippen molar-refractivity contribution in [1.82, 2.24) is 15.0 Å². The van der Waals surface area contributed by atoms with Gasteiger partial charge in [0.15, 0.2) is 0 Å². The number of phenolic OH excluding ortho intramolecular Hbond substituents is 1. The van der Waals surface area contributed by atoms with Gasteiger partial charge >= 0.3 is 0 Å². The Morgan fingerprint density at radius 2 is 1.70 bits per heavy atom. The van der Waals surface area contributed by atoms with Crippen LogP contribution in [0.15, 0.2) is 36.4 Å². The van der Waals surface area contributed by atoms with Crippen molar-refractivity contribution in [3.8, 4) is 11.4 Å². The van der Waals surface area contributed by atoms with E-state index in [4.69, 9.17) is 0 Å². The molecule has 0 radical (unpaired) electrons. The van der Waals surface area contributed by atoms with Gasteiger partial charge in [-0.3, -0.25) is 0 Å². The predicted molar refractivity (Wildman–Crippen MR) is 93.2 cm³/mol. The summed E-state index contributed by atoms with van der Waals surface area (Å²) < 4.78 is 0. The van der Waals surface area contributed by atoms with Crippen LogP contribution in [0.3, 0.4) is 0 Å². The molecule has 2 aromatic carbocycles. The molecule has 1 aromatic heterocycles. The Kier molecular flexibility index (Phi) is 3.84. The first kappa shape index (κ1) is 15.5. The maximum Gasteiger partial charge on any atom is 0.146 e. The molecule has 1 N–H and O–H groups in total. The van der Waals surface area contributed by atoms with E-state index in [2.05, 4.69) is 37.0 Å². The van der Waals surface area contributed by atoms with E-state index < -0.39 is 0 Å². The number of aryl methyl sites for hydroxylation is 1. The molecule has 0 saturated carbocycles. The smallest absolute Gasteiger partial charge is 0.146 e. The Hall–Kier alpha value is -2.36. The molecule has 23 heavy (non-hydrogen) atoms. The molecule has 0 fully saturated rings. The molecule has 0 aliphatic carbocycles. The first-order valence-electron chi connectivity index (χ1n) is 8.09. The van der Waals surface area contributed by atoms with Crippen LogP contribution in [0.5, 0.6) is 5.75 Å². The van der Waals surface area contributed by atoms with Crippen LogP contribution in [-0.2, 0) is 5.41 Å². The topological polar surface area (TPSA) is 50.9 Å². The average Bonchev–Trinajstić information content (AvgIpc) is 2.92. The van der Waals surface area contributed by atoms with E-state index in [-0.39, 0.29) is 11.2 Å². The van der Waals surface area contributed by atoms with E-state index in [0.29, 0.717) is 5.69 Å². The summed E-state index contributed by atoms with van der Waals surface area (Å²) in [7, 11) is 0. The highest BCUT2D eigenvalue weighted by atomic mass is 16.3. The Bertz CT molecular complexity index is 816. The van der Waals surface area contributed by atoms with E-state index in [9.17, 15) is 5.11 Å². The van der Waals surface area contributed by atoms with Gasteiger partial charge in [-0.05, 0) is 42.5 Å². The van der Waals surface area contributed by atoms with E-state index in [1.807, 2.05) is 37.3 Å². The van der Waals surface area contributed by atoms with Crippen molar-refractivity contribution in [2.75, 3.05) is 0 Å². The number of hydrogen-bond acceptors (Lipinski definition) is 3. The summed E-state index contributed by atoms with van der Waals surface area (Å²) in [5.74, 6) is 0.273. The molecule has 3 aromatic rings. The van der Waals surface area contributed by atoms with E-state index in [1.165, 1.54) is 0 Å². The number of fused-ring (bicyclic) bond motifs is 1. The summed E-state index contributed by atoms with van der Waals surface area (Å²) in [4.78, 5) is 1.54. The van der Waals surface area contributed by atoms with Gasteiger partial charge in [0.05, 0.1) is 0 Å². The minimum atomic E-state index is -0.0911. The van der Waals surface area contributed by atoms with Gasteiger partial charge in [-0.25, -0.2) is 0 Å². The molecule has 0 saturated heterocycles. The van der Waals surface area contributed by atoms with Crippen LogP contribution in [0.2, 0.25) is 0 Å². The van der Waals surface area contributed by atoms with Crippen molar-refractivity contribution in [3.63, 3.8) is 0 Å². The zero-order valence-corrected chi connectivity index (χ0v) is 14.2. The zero-order valence-electron chi connectivity index (χ0n) is 14.2. The van der Waals surface area contributed by atoms with Gasteiger partial charge in [0.1, 0.15) is 22.5 Å². The van der Waals surface area contributed by atoms with Crippen LogP contribution in [0.4, 0.5) is 0 Å². The Balaban J connectivity index is 2.18. The second kappa shape index (κ2) is 5.69. The zero-order chi connectivity index (χ0) is 16.6. The standard InChI is InChI=1S/C19H23N3O/c1-5-10-19(3,4)14-11-13(2)12-17(18(14)23)22-20-15-8-6-7-9-16(15)21-22/h6-9,11-12,23H,5,10H2,1-4H3. The molecule has 4 nitrogen and oxygen atoms in total. The lowest BCUT2D eigenvalue weighted by Gasteiger charge is -2.27. The highest BCUT2D eigenvalue weighted by molar-refractivity contribution is 5.73. The molecular weight excluding hydrogens is 286 g/mol. The summed E-state index contributed by atoms with van der Waals surface area (Å²) in [5.41, 5.74) is 4.24. The summed E-state index contributed by atoms with van der Waals surface area (Å²) >= 11 is 0. The van der Waals surface area contributed by atoms with E-state index in [0.717, 1.165) is 35.0 Å². The normalized spacial score (nSPS) is 12.0. The van der Waals surface area contributed by atoms with Crippen LogP contribution in [-0.4, -0.2) is 20.1 Å². The highest BCUT2D eigenvalue weighted by Crippen LogP contribution is 2.38. The second-order valence-corrected chi connectivity index (χ2v) is 6.79. The van der Waals surface area contributed by atoms with E-state index >= 15 is 0 Å². The maximum absolute atomic E-state index is 10.9. The highest BCUT2D eigenvalue weighted by Gasteiger charge is 2.26. The number of aromatic hydroxyl groups is 1. The van der Waals surface area contributed by atoms with Crippen LogP contribution < -0.4 is 0 Å². The van der Waals surface area contributed by atoms with Crippen LogP contribution in [0.1, 0.15) is 44.7 Å². The molecule has 3 rings (SSSR count). The second-order valence-electron chi connectivity index (χ2n) is 6.79. The van der Waals surface area contributed by atoms with Crippen molar-refractivity contribution in [2.24, 2.45) is 0 Å².